The van der Waals surface area contributed by atoms with Crippen LogP contribution in [0, 0.1) is 17.2 Å². The Kier molecular flexibility index (Phi) is 5.59. The molecule has 1 unspecified atom stereocenters. The lowest BCUT2D eigenvalue weighted by molar-refractivity contribution is 0.138. The van der Waals surface area contributed by atoms with E-state index in [9.17, 15) is 4.79 Å². The van der Waals surface area contributed by atoms with Crippen LogP contribution in [0.15, 0.2) is 30.3 Å². The number of benzene rings is 1. The molecule has 1 rings (SSSR count). The number of rotatable bonds is 5. The molecular weight excluding hydrogens is 216 g/mol. The fourth-order valence-corrected chi connectivity index (χ4v) is 1.26. The smallest absolute Gasteiger partial charge is 0.407 e. The van der Waals surface area contributed by atoms with Crippen molar-refractivity contribution in [3.63, 3.8) is 0 Å². The molecule has 0 aliphatic rings. The quantitative estimate of drug-likeness (QED) is 0.848. The molecule has 0 saturated heterocycles. The monoisotopic (exact) mass is 232 g/mol. The third-order valence-electron chi connectivity index (χ3n) is 2.38. The lowest BCUT2D eigenvalue weighted by Crippen LogP contribution is -2.29. The summed E-state index contributed by atoms with van der Waals surface area (Å²) in [5.74, 6) is -0.153. The lowest BCUT2D eigenvalue weighted by Gasteiger charge is -2.09. The third kappa shape index (κ3) is 5.03. The van der Waals surface area contributed by atoms with E-state index in [0.717, 1.165) is 12.0 Å². The summed E-state index contributed by atoms with van der Waals surface area (Å²) in [5, 5.41) is 11.3. The molecule has 1 atom stereocenters. The van der Waals surface area contributed by atoms with Crippen LogP contribution in [-0.2, 0) is 11.3 Å². The molecule has 0 aliphatic heterocycles. The van der Waals surface area contributed by atoms with Crippen molar-refractivity contribution in [2.24, 2.45) is 5.92 Å². The molecule has 17 heavy (non-hydrogen) atoms. The molecular formula is C13H16N2O2. The van der Waals surface area contributed by atoms with E-state index in [-0.39, 0.29) is 12.5 Å². The van der Waals surface area contributed by atoms with E-state index in [1.165, 1.54) is 0 Å². The zero-order valence-corrected chi connectivity index (χ0v) is 9.85. The van der Waals surface area contributed by atoms with Crippen molar-refractivity contribution >= 4 is 6.09 Å². The summed E-state index contributed by atoms with van der Waals surface area (Å²) in [6.45, 7) is 2.49. The molecule has 0 aromatic heterocycles. The van der Waals surface area contributed by atoms with Crippen molar-refractivity contribution in [3.8, 4) is 6.07 Å². The van der Waals surface area contributed by atoms with E-state index in [1.54, 1.807) is 0 Å². The largest absolute Gasteiger partial charge is 0.445 e. The van der Waals surface area contributed by atoms with Crippen LogP contribution in [0.1, 0.15) is 18.9 Å². The van der Waals surface area contributed by atoms with Gasteiger partial charge in [-0.3, -0.25) is 0 Å². The van der Waals surface area contributed by atoms with Gasteiger partial charge in [0, 0.05) is 6.54 Å². The maximum atomic E-state index is 11.3. The van der Waals surface area contributed by atoms with Crippen LogP contribution in [0.3, 0.4) is 0 Å². The summed E-state index contributed by atoms with van der Waals surface area (Å²) >= 11 is 0. The minimum absolute atomic E-state index is 0.153. The zero-order valence-electron chi connectivity index (χ0n) is 9.85. The summed E-state index contributed by atoms with van der Waals surface area (Å²) in [5.41, 5.74) is 0.940. The number of alkyl carbamates (subject to hydrolysis) is 1. The Bertz CT molecular complexity index is 384. The molecule has 1 amide bonds. The van der Waals surface area contributed by atoms with Gasteiger partial charge in [-0.05, 0) is 12.0 Å². The molecule has 0 saturated carbocycles. The molecule has 1 N–H and O–H groups in total. The molecule has 0 fully saturated rings. The molecule has 1 aromatic rings. The predicted molar refractivity (Wildman–Crippen MR) is 64.0 cm³/mol. The lowest BCUT2D eigenvalue weighted by atomic mass is 10.1. The van der Waals surface area contributed by atoms with Gasteiger partial charge in [0.2, 0.25) is 0 Å². The first kappa shape index (κ1) is 13.0. The van der Waals surface area contributed by atoms with Crippen LogP contribution in [0.25, 0.3) is 0 Å². The van der Waals surface area contributed by atoms with Crippen LogP contribution in [-0.4, -0.2) is 12.6 Å². The van der Waals surface area contributed by atoms with Gasteiger partial charge in [-0.2, -0.15) is 5.26 Å². The molecule has 1 aromatic carbocycles. The Balaban J connectivity index is 2.25. The van der Waals surface area contributed by atoms with Crippen molar-refractivity contribution in [1.82, 2.24) is 5.32 Å². The van der Waals surface area contributed by atoms with E-state index in [1.807, 2.05) is 37.3 Å². The molecule has 90 valence electrons. The molecule has 4 heteroatoms. The van der Waals surface area contributed by atoms with Crippen molar-refractivity contribution in [2.45, 2.75) is 20.0 Å². The van der Waals surface area contributed by atoms with Gasteiger partial charge in [0.25, 0.3) is 0 Å². The predicted octanol–water partition coefficient (Wildman–Crippen LogP) is 2.46. The second-order valence-electron chi connectivity index (χ2n) is 3.68. The zero-order chi connectivity index (χ0) is 12.5. The normalized spacial score (nSPS) is 11.3. The Hall–Kier alpha value is -2.02. The van der Waals surface area contributed by atoms with Crippen LogP contribution < -0.4 is 5.32 Å². The Morgan fingerprint density at radius 2 is 2.18 bits per heavy atom. The van der Waals surface area contributed by atoms with E-state index in [0.29, 0.717) is 6.54 Å². The first-order valence-electron chi connectivity index (χ1n) is 5.60. The molecule has 0 bridgehead atoms. The van der Waals surface area contributed by atoms with Crippen molar-refractivity contribution in [3.05, 3.63) is 35.9 Å². The number of hydrogen-bond acceptors (Lipinski definition) is 3. The van der Waals surface area contributed by atoms with Crippen molar-refractivity contribution in [2.75, 3.05) is 6.54 Å². The summed E-state index contributed by atoms with van der Waals surface area (Å²) in [6.07, 6.45) is 0.234. The Morgan fingerprint density at radius 1 is 1.47 bits per heavy atom. The second-order valence-corrected chi connectivity index (χ2v) is 3.68. The van der Waals surface area contributed by atoms with Gasteiger partial charge in [-0.15, -0.1) is 0 Å². The highest BCUT2D eigenvalue weighted by Gasteiger charge is 2.07. The standard InChI is InChI=1S/C13H16N2O2/c1-2-11(8-14)9-15-13(16)17-10-12-6-4-3-5-7-12/h3-7,11H,2,9-10H2,1H3,(H,15,16). The van der Waals surface area contributed by atoms with E-state index in [4.69, 9.17) is 10.00 Å². The minimum Gasteiger partial charge on any atom is -0.445 e. The maximum Gasteiger partial charge on any atom is 0.407 e. The van der Waals surface area contributed by atoms with E-state index >= 15 is 0 Å². The maximum absolute atomic E-state index is 11.3. The number of carbonyl (C=O) groups is 1. The van der Waals surface area contributed by atoms with Crippen LogP contribution in [0.5, 0.6) is 0 Å². The molecule has 4 nitrogen and oxygen atoms in total. The van der Waals surface area contributed by atoms with Crippen molar-refractivity contribution < 1.29 is 9.53 Å². The molecule has 0 heterocycles. The molecule has 0 radical (unpaired) electrons. The first-order chi connectivity index (χ1) is 8.26. The molecule has 0 aliphatic carbocycles. The van der Waals surface area contributed by atoms with Gasteiger partial charge in [0.05, 0.1) is 12.0 Å². The van der Waals surface area contributed by atoms with Crippen LogP contribution >= 0.6 is 0 Å². The van der Waals surface area contributed by atoms with Gasteiger partial charge in [0.1, 0.15) is 6.61 Å². The average molecular weight is 232 g/mol. The van der Waals surface area contributed by atoms with Gasteiger partial charge in [-0.1, -0.05) is 37.3 Å². The number of amides is 1. The van der Waals surface area contributed by atoms with Gasteiger partial charge in [0.15, 0.2) is 0 Å². The summed E-state index contributed by atoms with van der Waals surface area (Å²) in [6, 6.07) is 11.6. The number of hydrogen-bond donors (Lipinski definition) is 1. The topological polar surface area (TPSA) is 62.1 Å². The van der Waals surface area contributed by atoms with Gasteiger partial charge >= 0.3 is 6.09 Å². The highest BCUT2D eigenvalue weighted by molar-refractivity contribution is 5.67. The molecule has 0 spiro atoms. The summed E-state index contributed by atoms with van der Waals surface area (Å²) in [7, 11) is 0. The number of nitrogens with zero attached hydrogens (tertiary/aromatic N) is 1. The fourth-order valence-electron chi connectivity index (χ4n) is 1.26. The highest BCUT2D eigenvalue weighted by Crippen LogP contribution is 2.01. The third-order valence-corrected chi connectivity index (χ3v) is 2.38. The summed E-state index contributed by atoms with van der Waals surface area (Å²) in [4.78, 5) is 11.3. The van der Waals surface area contributed by atoms with Gasteiger partial charge in [-0.25, -0.2) is 4.79 Å². The Morgan fingerprint density at radius 3 is 2.76 bits per heavy atom. The fraction of sp³-hybridized carbons (Fsp3) is 0.385. The summed E-state index contributed by atoms with van der Waals surface area (Å²) < 4.78 is 5.01. The average Bonchev–Trinajstić information content (AvgIpc) is 2.39. The van der Waals surface area contributed by atoms with Crippen molar-refractivity contribution in [1.29, 1.82) is 5.26 Å². The highest BCUT2D eigenvalue weighted by atomic mass is 16.5. The van der Waals surface area contributed by atoms with Crippen LogP contribution in [0.2, 0.25) is 0 Å². The minimum atomic E-state index is -0.484. The SMILES string of the molecule is CCC(C#N)CNC(=O)OCc1ccccc1. The Labute approximate surface area is 101 Å². The van der Waals surface area contributed by atoms with E-state index < -0.39 is 6.09 Å². The second kappa shape index (κ2) is 7.29. The number of nitriles is 1. The number of ether oxygens (including phenoxy) is 1. The number of nitrogens with one attached hydrogen (secondary N) is 1. The van der Waals surface area contributed by atoms with Crippen LogP contribution in [0.4, 0.5) is 4.79 Å². The van der Waals surface area contributed by atoms with E-state index in [2.05, 4.69) is 11.4 Å². The van der Waals surface area contributed by atoms with Gasteiger partial charge < -0.3 is 10.1 Å². The first-order valence-corrected chi connectivity index (χ1v) is 5.60. The number of carbonyl (C=O) groups excluding carboxylic acids is 1.